The average molecular weight is 608 g/mol. The number of imide groups is 1. The number of hydrogen-bond donors (Lipinski definition) is 0. The van der Waals surface area contributed by atoms with Crippen LogP contribution in [0.1, 0.15) is 91.8 Å². The smallest absolute Gasteiger partial charge is 0.420 e. The first-order chi connectivity index (χ1) is 20.6. The summed E-state index contributed by atoms with van der Waals surface area (Å²) < 4.78 is 22.2. The van der Waals surface area contributed by atoms with E-state index < -0.39 is 29.4 Å². The van der Waals surface area contributed by atoms with Gasteiger partial charge in [-0.15, -0.1) is 6.58 Å². The van der Waals surface area contributed by atoms with E-state index in [0.717, 1.165) is 16.0 Å². The van der Waals surface area contributed by atoms with Crippen molar-refractivity contribution in [3.05, 3.63) is 96.5 Å². The predicted octanol–water partition coefficient (Wildman–Crippen LogP) is 9.03. The molecule has 0 aliphatic rings. The van der Waals surface area contributed by atoms with Gasteiger partial charge < -0.3 is 18.7 Å². The molecule has 0 N–H and O–H groups in total. The first-order valence-electron chi connectivity index (χ1n) is 14.7. The number of carbonyl (C=O) groups is 2. The van der Waals surface area contributed by atoms with E-state index in [4.69, 9.17) is 18.7 Å². The maximum Gasteiger partial charge on any atom is 0.420 e. The minimum absolute atomic E-state index is 0.356. The van der Waals surface area contributed by atoms with Gasteiger partial charge in [-0.1, -0.05) is 62.0 Å². The van der Waals surface area contributed by atoms with Crippen LogP contribution in [0.2, 0.25) is 0 Å². The van der Waals surface area contributed by atoms with Crippen LogP contribution < -0.4 is 4.74 Å². The molecule has 9 nitrogen and oxygen atoms in total. The lowest BCUT2D eigenvalue weighted by Crippen LogP contribution is -2.48. The third-order valence-corrected chi connectivity index (χ3v) is 5.38. The Balaban J connectivity index is 0.00000182. The van der Waals surface area contributed by atoms with Gasteiger partial charge in [-0.25, -0.2) is 19.5 Å². The largest absolute Gasteiger partial charge is 0.473 e. The summed E-state index contributed by atoms with van der Waals surface area (Å²) >= 11 is 0. The molecule has 0 aliphatic carbocycles. The Morgan fingerprint density at radius 2 is 1.48 bits per heavy atom. The van der Waals surface area contributed by atoms with Crippen molar-refractivity contribution in [2.75, 3.05) is 0 Å². The Morgan fingerprint density at radius 1 is 0.955 bits per heavy atom. The van der Waals surface area contributed by atoms with Crippen molar-refractivity contribution in [3.8, 4) is 5.88 Å². The standard InChI is InChI=1S/C30H37N3O6.C3H6.C2H6/c1-20(21(2)33(27(34)37-29(3,4)5)28(35)38-30(6,7)8)25-18-24(32-39-25)17-22-12-14-23(15-13-22)19-36-26-11-9-10-16-31-26;1-3-2;1-2/h9-16,18,21H,1,17,19H2,2-8H3;3H,1H2,2H3;1-2H3. The lowest BCUT2D eigenvalue weighted by molar-refractivity contribution is -0.00177. The van der Waals surface area contributed by atoms with Crippen LogP contribution in [0.5, 0.6) is 5.88 Å². The van der Waals surface area contributed by atoms with Gasteiger partial charge in [0.15, 0.2) is 5.76 Å². The summed E-state index contributed by atoms with van der Waals surface area (Å²) in [5.74, 6) is 0.929. The van der Waals surface area contributed by atoms with Crippen molar-refractivity contribution in [1.82, 2.24) is 15.0 Å². The van der Waals surface area contributed by atoms with Crippen molar-refractivity contribution < 1.29 is 28.3 Å². The molecule has 2 amide bonds. The second-order valence-electron chi connectivity index (χ2n) is 11.6. The highest BCUT2D eigenvalue weighted by Gasteiger charge is 2.36. The number of benzene rings is 1. The predicted molar refractivity (Wildman–Crippen MR) is 174 cm³/mol. The summed E-state index contributed by atoms with van der Waals surface area (Å²) in [4.78, 5) is 31.0. The molecule has 1 aromatic carbocycles. The summed E-state index contributed by atoms with van der Waals surface area (Å²) in [6, 6.07) is 14.4. The highest BCUT2D eigenvalue weighted by Crippen LogP contribution is 2.26. The van der Waals surface area contributed by atoms with Crippen LogP contribution in [0, 0.1) is 0 Å². The number of aromatic nitrogens is 2. The molecule has 0 bridgehead atoms. The van der Waals surface area contributed by atoms with Gasteiger partial charge in [-0.3, -0.25) is 0 Å². The van der Waals surface area contributed by atoms with Gasteiger partial charge in [-0.2, -0.15) is 0 Å². The summed E-state index contributed by atoms with van der Waals surface area (Å²) in [6.45, 7) is 25.7. The van der Waals surface area contributed by atoms with Gasteiger partial charge in [0.2, 0.25) is 5.88 Å². The third-order valence-electron chi connectivity index (χ3n) is 5.38. The van der Waals surface area contributed by atoms with E-state index in [9.17, 15) is 9.59 Å². The number of nitrogens with zero attached hydrogens (tertiary/aromatic N) is 3. The van der Waals surface area contributed by atoms with Crippen LogP contribution in [0.15, 0.2) is 78.5 Å². The summed E-state index contributed by atoms with van der Waals surface area (Å²) in [5, 5.41) is 4.16. The molecule has 0 fully saturated rings. The molecule has 3 rings (SSSR count). The van der Waals surface area contributed by atoms with E-state index in [1.807, 2.05) is 63.2 Å². The zero-order chi connectivity index (χ0) is 33.5. The summed E-state index contributed by atoms with van der Waals surface area (Å²) in [5.41, 5.74) is 1.48. The Bertz CT molecular complexity index is 1290. The highest BCUT2D eigenvalue weighted by atomic mass is 16.6. The lowest BCUT2D eigenvalue weighted by Gasteiger charge is -2.32. The molecule has 0 spiro atoms. The fraction of sp³-hybridized carbons (Fsp3) is 0.429. The van der Waals surface area contributed by atoms with Gasteiger partial charge in [0.25, 0.3) is 0 Å². The molecule has 1 unspecified atom stereocenters. The molecule has 2 aromatic heterocycles. The first-order valence-corrected chi connectivity index (χ1v) is 14.7. The average Bonchev–Trinajstić information content (AvgIpc) is 3.41. The fourth-order valence-corrected chi connectivity index (χ4v) is 3.47. The van der Waals surface area contributed by atoms with E-state index >= 15 is 0 Å². The number of rotatable bonds is 8. The number of carbonyl (C=O) groups excluding carboxylic acids is 2. The minimum atomic E-state index is -0.836. The van der Waals surface area contributed by atoms with Crippen molar-refractivity contribution in [1.29, 1.82) is 0 Å². The summed E-state index contributed by atoms with van der Waals surface area (Å²) in [6.07, 6.45) is 2.29. The normalized spacial score (nSPS) is 11.4. The topological polar surface area (TPSA) is 104 Å². The van der Waals surface area contributed by atoms with E-state index in [1.165, 1.54) is 0 Å². The van der Waals surface area contributed by atoms with Gasteiger partial charge >= 0.3 is 12.2 Å². The van der Waals surface area contributed by atoms with Crippen LogP contribution in [0.4, 0.5) is 9.59 Å². The summed E-state index contributed by atoms with van der Waals surface area (Å²) in [7, 11) is 0. The van der Waals surface area contributed by atoms with Gasteiger partial charge in [0.05, 0.1) is 11.7 Å². The Morgan fingerprint density at radius 3 is 1.95 bits per heavy atom. The number of hydrogen-bond acceptors (Lipinski definition) is 8. The molecule has 3 aromatic rings. The van der Waals surface area contributed by atoms with Crippen LogP contribution in [-0.4, -0.2) is 44.5 Å². The van der Waals surface area contributed by atoms with Crippen LogP contribution >= 0.6 is 0 Å². The van der Waals surface area contributed by atoms with E-state index in [2.05, 4.69) is 23.3 Å². The maximum absolute atomic E-state index is 13.0. The number of pyridine rings is 1. The molecule has 9 heteroatoms. The molecule has 0 radical (unpaired) electrons. The molecule has 44 heavy (non-hydrogen) atoms. The van der Waals surface area contributed by atoms with Crippen molar-refractivity contribution in [2.24, 2.45) is 0 Å². The zero-order valence-electron chi connectivity index (χ0n) is 28.0. The van der Waals surface area contributed by atoms with E-state index in [1.54, 1.807) is 66.8 Å². The number of amides is 2. The molecule has 0 saturated carbocycles. The first kappa shape index (κ1) is 37.6. The third kappa shape index (κ3) is 13.3. The second-order valence-corrected chi connectivity index (χ2v) is 11.6. The van der Waals surface area contributed by atoms with Gasteiger partial charge in [-0.05, 0) is 72.6 Å². The van der Waals surface area contributed by atoms with Crippen LogP contribution in [0.3, 0.4) is 0 Å². The molecule has 2 heterocycles. The van der Waals surface area contributed by atoms with Crippen LogP contribution in [-0.2, 0) is 22.5 Å². The van der Waals surface area contributed by atoms with Gasteiger partial charge in [0, 0.05) is 30.3 Å². The van der Waals surface area contributed by atoms with Gasteiger partial charge in [0.1, 0.15) is 17.8 Å². The number of ether oxygens (including phenoxy) is 3. The van der Waals surface area contributed by atoms with Crippen molar-refractivity contribution in [2.45, 2.75) is 99.5 Å². The highest BCUT2D eigenvalue weighted by molar-refractivity contribution is 5.91. The lowest BCUT2D eigenvalue weighted by atomic mass is 10.0. The molecular weight excluding hydrogens is 558 g/mol. The number of allylic oxidation sites excluding steroid dienone is 1. The van der Waals surface area contributed by atoms with E-state index in [0.29, 0.717) is 35.9 Å². The molecule has 0 aliphatic heterocycles. The molecule has 240 valence electrons. The molecule has 0 saturated heterocycles. The molecule has 1 atom stereocenters. The van der Waals surface area contributed by atoms with Crippen LogP contribution in [0.25, 0.3) is 5.57 Å². The van der Waals surface area contributed by atoms with E-state index in [-0.39, 0.29) is 0 Å². The second kappa shape index (κ2) is 17.7. The Kier molecular flexibility index (Phi) is 15.1. The fourth-order valence-electron chi connectivity index (χ4n) is 3.47. The minimum Gasteiger partial charge on any atom is -0.473 e. The monoisotopic (exact) mass is 607 g/mol. The van der Waals surface area contributed by atoms with Crippen molar-refractivity contribution >= 4 is 17.8 Å². The Hall–Kier alpha value is -4.40. The van der Waals surface area contributed by atoms with Crippen molar-refractivity contribution in [3.63, 3.8) is 0 Å². The quantitative estimate of drug-likeness (QED) is 0.234. The maximum atomic E-state index is 13.0. The Labute approximate surface area is 262 Å². The molecular formula is C35H49N3O6. The SMILES string of the molecule is C=C(c1cc(Cc2ccc(COc3ccccn3)cc2)no1)C(C)N(C(=O)OC(C)(C)C)C(=O)OC(C)(C)C.C=CC.CC. The zero-order valence-corrected chi connectivity index (χ0v) is 28.0.